The van der Waals surface area contributed by atoms with E-state index >= 15 is 0 Å². The fourth-order valence-corrected chi connectivity index (χ4v) is 2.92. The van der Waals surface area contributed by atoms with Crippen LogP contribution in [0.25, 0.3) is 21.3 Å². The van der Waals surface area contributed by atoms with Crippen molar-refractivity contribution in [3.63, 3.8) is 0 Å². The van der Waals surface area contributed by atoms with Crippen LogP contribution in [0.2, 0.25) is 0 Å². The fourth-order valence-electron chi connectivity index (χ4n) is 1.97. The number of fused-ring (bicyclic) bond motifs is 1. The van der Waals surface area contributed by atoms with Crippen molar-refractivity contribution in [2.45, 2.75) is 0 Å². The number of nitro benzene ring substituents is 1. The summed E-state index contributed by atoms with van der Waals surface area (Å²) in [6.07, 6.45) is 0. The summed E-state index contributed by atoms with van der Waals surface area (Å²) >= 11 is 1.27. The van der Waals surface area contributed by atoms with Gasteiger partial charge in [-0.1, -0.05) is 12.1 Å². The Hall–Kier alpha value is -2.74. The van der Waals surface area contributed by atoms with E-state index in [9.17, 15) is 14.9 Å². The smallest absolute Gasteiger partial charge is 0.270 e. The van der Waals surface area contributed by atoms with Crippen LogP contribution in [0.3, 0.4) is 0 Å². The first-order valence-electron chi connectivity index (χ1n) is 5.58. The molecule has 0 aliphatic rings. The van der Waals surface area contributed by atoms with Crippen LogP contribution < -0.4 is 11.3 Å². The van der Waals surface area contributed by atoms with Crippen molar-refractivity contribution in [1.82, 2.24) is 9.97 Å². The molecule has 2 aromatic heterocycles. The number of anilines is 1. The average Bonchev–Trinajstić information content (AvgIpc) is 2.82. The topological polar surface area (TPSA) is 115 Å². The first kappa shape index (κ1) is 12.3. The molecule has 0 aliphatic carbocycles. The number of benzene rings is 1. The minimum absolute atomic E-state index is 0.0262. The lowest BCUT2D eigenvalue weighted by Gasteiger charge is -1.99. The van der Waals surface area contributed by atoms with Crippen molar-refractivity contribution in [2.24, 2.45) is 0 Å². The number of aromatic nitrogens is 2. The lowest BCUT2D eigenvalue weighted by atomic mass is 10.1. The van der Waals surface area contributed by atoms with E-state index < -0.39 is 4.92 Å². The van der Waals surface area contributed by atoms with Gasteiger partial charge in [-0.25, -0.2) is 4.98 Å². The maximum absolute atomic E-state index is 12.0. The van der Waals surface area contributed by atoms with Gasteiger partial charge in [0.2, 0.25) is 5.95 Å². The Labute approximate surface area is 115 Å². The van der Waals surface area contributed by atoms with Crippen LogP contribution in [0.15, 0.2) is 34.4 Å². The molecule has 0 saturated carbocycles. The van der Waals surface area contributed by atoms with Crippen LogP contribution in [-0.2, 0) is 0 Å². The van der Waals surface area contributed by atoms with Crippen molar-refractivity contribution in [3.05, 3.63) is 50.1 Å². The van der Waals surface area contributed by atoms with Gasteiger partial charge < -0.3 is 5.73 Å². The van der Waals surface area contributed by atoms with E-state index in [0.717, 1.165) is 0 Å². The van der Waals surface area contributed by atoms with Crippen LogP contribution in [-0.4, -0.2) is 14.9 Å². The monoisotopic (exact) mass is 288 g/mol. The SMILES string of the molecule is Nc1nc2scc(-c3cccc([N+](=O)[O-])c3)c2c(=O)[nH]1. The van der Waals surface area contributed by atoms with E-state index in [2.05, 4.69) is 9.97 Å². The molecule has 0 spiro atoms. The van der Waals surface area contributed by atoms with E-state index in [1.165, 1.54) is 23.5 Å². The van der Waals surface area contributed by atoms with Gasteiger partial charge in [0.1, 0.15) is 4.83 Å². The van der Waals surface area contributed by atoms with Crippen LogP contribution in [0.4, 0.5) is 11.6 Å². The van der Waals surface area contributed by atoms with E-state index in [1.807, 2.05) is 0 Å². The highest BCUT2D eigenvalue weighted by molar-refractivity contribution is 7.17. The molecule has 3 aromatic rings. The molecule has 3 rings (SSSR count). The third-order valence-corrected chi connectivity index (χ3v) is 3.70. The number of nitrogens with two attached hydrogens (primary N) is 1. The van der Waals surface area contributed by atoms with E-state index in [-0.39, 0.29) is 17.2 Å². The van der Waals surface area contributed by atoms with Crippen LogP contribution >= 0.6 is 11.3 Å². The number of nitro groups is 1. The molecule has 0 atom stereocenters. The fraction of sp³-hybridized carbons (Fsp3) is 0. The predicted molar refractivity (Wildman–Crippen MR) is 76.7 cm³/mol. The summed E-state index contributed by atoms with van der Waals surface area (Å²) in [6, 6.07) is 6.12. The van der Waals surface area contributed by atoms with E-state index in [4.69, 9.17) is 5.73 Å². The maximum atomic E-state index is 12.0. The first-order chi connectivity index (χ1) is 9.56. The second-order valence-corrected chi connectivity index (χ2v) is 4.95. The van der Waals surface area contributed by atoms with Gasteiger partial charge in [0, 0.05) is 23.1 Å². The Morgan fingerprint density at radius 3 is 2.95 bits per heavy atom. The molecule has 2 heterocycles. The molecule has 0 amide bonds. The number of hydrogen-bond donors (Lipinski definition) is 2. The Bertz CT molecular complexity index is 884. The van der Waals surface area contributed by atoms with Gasteiger partial charge in [-0.15, -0.1) is 11.3 Å². The summed E-state index contributed by atoms with van der Waals surface area (Å²) in [6.45, 7) is 0. The molecule has 0 bridgehead atoms. The van der Waals surface area contributed by atoms with Crippen LogP contribution in [0.1, 0.15) is 0 Å². The predicted octanol–water partition coefficient (Wildman–Crippen LogP) is 2.14. The van der Waals surface area contributed by atoms with Crippen molar-refractivity contribution < 1.29 is 4.92 Å². The van der Waals surface area contributed by atoms with Gasteiger partial charge in [-0.3, -0.25) is 19.9 Å². The summed E-state index contributed by atoms with van der Waals surface area (Å²) in [7, 11) is 0. The molecule has 8 heteroatoms. The Kier molecular flexibility index (Phi) is 2.72. The summed E-state index contributed by atoms with van der Waals surface area (Å²) < 4.78 is 0. The number of nitrogens with one attached hydrogen (secondary N) is 1. The van der Waals surface area contributed by atoms with Gasteiger partial charge in [0.25, 0.3) is 11.2 Å². The minimum Gasteiger partial charge on any atom is -0.369 e. The second-order valence-electron chi connectivity index (χ2n) is 4.09. The van der Waals surface area contributed by atoms with Gasteiger partial charge in [-0.05, 0) is 5.56 Å². The molecular formula is C12H8N4O3S. The second kappa shape index (κ2) is 4.42. The summed E-state index contributed by atoms with van der Waals surface area (Å²) in [4.78, 5) is 29.3. The Balaban J connectivity index is 2.28. The first-order valence-corrected chi connectivity index (χ1v) is 6.46. The number of nitrogens with zero attached hydrogens (tertiary/aromatic N) is 2. The van der Waals surface area contributed by atoms with Crippen molar-refractivity contribution in [1.29, 1.82) is 0 Å². The zero-order chi connectivity index (χ0) is 14.3. The van der Waals surface area contributed by atoms with Crippen LogP contribution in [0, 0.1) is 10.1 Å². The summed E-state index contributed by atoms with van der Waals surface area (Å²) in [5, 5.41) is 12.9. The number of H-pyrrole nitrogens is 1. The molecule has 1 aromatic carbocycles. The quantitative estimate of drug-likeness (QED) is 0.553. The van der Waals surface area contributed by atoms with Crippen molar-refractivity contribution in [2.75, 3.05) is 5.73 Å². The third-order valence-electron chi connectivity index (χ3n) is 2.83. The molecule has 0 unspecified atom stereocenters. The number of thiophene rings is 1. The molecular weight excluding hydrogens is 280 g/mol. The van der Waals surface area contributed by atoms with Gasteiger partial charge in [-0.2, -0.15) is 0 Å². The maximum Gasteiger partial charge on any atom is 0.270 e. The normalized spacial score (nSPS) is 10.8. The van der Waals surface area contributed by atoms with Crippen LogP contribution in [0.5, 0.6) is 0 Å². The van der Waals surface area contributed by atoms with Gasteiger partial charge >= 0.3 is 0 Å². The number of nitrogen functional groups attached to an aromatic ring is 1. The number of rotatable bonds is 2. The summed E-state index contributed by atoms with van der Waals surface area (Å²) in [5.74, 6) is 0.0509. The van der Waals surface area contributed by atoms with Gasteiger partial charge in [0.15, 0.2) is 0 Å². The lowest BCUT2D eigenvalue weighted by molar-refractivity contribution is -0.384. The molecule has 0 radical (unpaired) electrons. The Morgan fingerprint density at radius 2 is 2.20 bits per heavy atom. The zero-order valence-electron chi connectivity index (χ0n) is 9.99. The molecule has 20 heavy (non-hydrogen) atoms. The minimum atomic E-state index is -0.474. The lowest BCUT2D eigenvalue weighted by Crippen LogP contribution is -2.10. The average molecular weight is 288 g/mol. The largest absolute Gasteiger partial charge is 0.369 e. The summed E-state index contributed by atoms with van der Waals surface area (Å²) in [5.41, 5.74) is 6.32. The van der Waals surface area contributed by atoms with E-state index in [0.29, 0.717) is 21.3 Å². The molecule has 3 N–H and O–H groups in total. The third kappa shape index (κ3) is 1.91. The number of aromatic amines is 1. The van der Waals surface area contributed by atoms with Crippen molar-refractivity contribution >= 4 is 33.2 Å². The van der Waals surface area contributed by atoms with E-state index in [1.54, 1.807) is 17.5 Å². The molecule has 0 aliphatic heterocycles. The molecule has 100 valence electrons. The standard InChI is InChI=1S/C12H8N4O3S/c13-12-14-10(17)9-8(5-20-11(9)15-12)6-2-1-3-7(4-6)16(18)19/h1-5H,(H3,13,14,15,17). The highest BCUT2D eigenvalue weighted by atomic mass is 32.1. The Morgan fingerprint density at radius 1 is 1.40 bits per heavy atom. The van der Waals surface area contributed by atoms with Crippen molar-refractivity contribution in [3.8, 4) is 11.1 Å². The highest BCUT2D eigenvalue weighted by Crippen LogP contribution is 2.32. The highest BCUT2D eigenvalue weighted by Gasteiger charge is 2.14. The zero-order valence-corrected chi connectivity index (χ0v) is 10.8. The molecule has 0 fully saturated rings. The molecule has 0 saturated heterocycles. The number of non-ortho nitro benzene ring substituents is 1. The van der Waals surface area contributed by atoms with Gasteiger partial charge in [0.05, 0.1) is 10.3 Å². The molecule has 7 nitrogen and oxygen atoms in total. The number of hydrogen-bond acceptors (Lipinski definition) is 6.